The van der Waals surface area contributed by atoms with Gasteiger partial charge in [0.1, 0.15) is 0 Å². The van der Waals surface area contributed by atoms with Crippen molar-refractivity contribution in [3.8, 4) is 0 Å². The second kappa shape index (κ2) is 7.71. The summed E-state index contributed by atoms with van der Waals surface area (Å²) in [5.41, 5.74) is 6.28. The van der Waals surface area contributed by atoms with Crippen molar-refractivity contribution in [2.45, 2.75) is 19.4 Å². The van der Waals surface area contributed by atoms with Crippen LogP contribution < -0.4 is 5.73 Å². The van der Waals surface area contributed by atoms with Crippen molar-refractivity contribution in [2.24, 2.45) is 5.73 Å². The largest absolute Gasteiger partial charge is 0.373 e. The highest BCUT2D eigenvalue weighted by atomic mass is 32.1. The third-order valence-electron chi connectivity index (χ3n) is 3.74. The number of morpholine rings is 1. The van der Waals surface area contributed by atoms with E-state index in [2.05, 4.69) is 0 Å². The SMILES string of the molecule is Cc1sccc1CC(=O)N1CCOC(CN(C)CC(N)=O)C1. The number of carbonyl (C=O) groups is 2. The Morgan fingerprint density at radius 1 is 1.55 bits per heavy atom. The minimum absolute atomic E-state index is 0.0781. The minimum Gasteiger partial charge on any atom is -0.373 e. The maximum Gasteiger partial charge on any atom is 0.231 e. The lowest BCUT2D eigenvalue weighted by Gasteiger charge is -2.34. The lowest BCUT2D eigenvalue weighted by molar-refractivity contribution is -0.139. The maximum atomic E-state index is 12.4. The Morgan fingerprint density at radius 2 is 2.32 bits per heavy atom. The number of likely N-dealkylation sites (N-methyl/N-ethyl adjacent to an activating group) is 1. The molecule has 0 aromatic carbocycles. The first kappa shape index (κ1) is 16.9. The predicted molar refractivity (Wildman–Crippen MR) is 85.8 cm³/mol. The highest BCUT2D eigenvalue weighted by Gasteiger charge is 2.25. The zero-order valence-corrected chi connectivity index (χ0v) is 13.9. The number of carbonyl (C=O) groups excluding carboxylic acids is 2. The Morgan fingerprint density at radius 3 is 2.95 bits per heavy atom. The molecule has 22 heavy (non-hydrogen) atoms. The minimum atomic E-state index is -0.362. The molecular formula is C15H23N3O3S. The lowest BCUT2D eigenvalue weighted by atomic mass is 10.1. The maximum absolute atomic E-state index is 12.4. The van der Waals surface area contributed by atoms with Crippen LogP contribution in [0.25, 0.3) is 0 Å². The summed E-state index contributed by atoms with van der Waals surface area (Å²) in [6.07, 6.45) is 0.366. The monoisotopic (exact) mass is 325 g/mol. The quantitative estimate of drug-likeness (QED) is 0.813. The Labute approximate surface area is 134 Å². The summed E-state index contributed by atoms with van der Waals surface area (Å²) in [6.45, 7) is 4.53. The summed E-state index contributed by atoms with van der Waals surface area (Å²) in [5.74, 6) is -0.230. The van der Waals surface area contributed by atoms with Crippen LogP contribution in [-0.2, 0) is 20.7 Å². The molecule has 6 nitrogen and oxygen atoms in total. The van der Waals surface area contributed by atoms with Gasteiger partial charge in [-0.2, -0.15) is 0 Å². The summed E-state index contributed by atoms with van der Waals surface area (Å²) in [7, 11) is 1.82. The molecule has 1 saturated heterocycles. The van der Waals surface area contributed by atoms with Crippen molar-refractivity contribution in [1.29, 1.82) is 0 Å². The third-order valence-corrected chi connectivity index (χ3v) is 4.63. The van der Waals surface area contributed by atoms with Crippen molar-refractivity contribution >= 4 is 23.2 Å². The fourth-order valence-electron chi connectivity index (χ4n) is 2.60. The van der Waals surface area contributed by atoms with E-state index in [-0.39, 0.29) is 24.5 Å². The van der Waals surface area contributed by atoms with E-state index in [1.54, 1.807) is 11.3 Å². The van der Waals surface area contributed by atoms with Gasteiger partial charge in [-0.05, 0) is 31.0 Å². The van der Waals surface area contributed by atoms with Crippen LogP contribution in [0.5, 0.6) is 0 Å². The van der Waals surface area contributed by atoms with Gasteiger partial charge in [0.05, 0.1) is 25.7 Å². The highest BCUT2D eigenvalue weighted by molar-refractivity contribution is 7.10. The number of hydrogen-bond donors (Lipinski definition) is 1. The number of nitrogens with two attached hydrogens (primary N) is 1. The van der Waals surface area contributed by atoms with Crippen LogP contribution in [0.3, 0.4) is 0 Å². The Kier molecular flexibility index (Phi) is 5.93. The van der Waals surface area contributed by atoms with E-state index in [4.69, 9.17) is 10.5 Å². The van der Waals surface area contributed by atoms with Gasteiger partial charge in [-0.1, -0.05) is 0 Å². The Bertz CT molecular complexity index is 532. The van der Waals surface area contributed by atoms with Crippen molar-refractivity contribution in [3.63, 3.8) is 0 Å². The number of rotatable bonds is 6. The number of nitrogens with zero attached hydrogens (tertiary/aromatic N) is 2. The van der Waals surface area contributed by atoms with Crippen molar-refractivity contribution in [1.82, 2.24) is 9.80 Å². The second-order valence-electron chi connectivity index (χ2n) is 5.67. The predicted octanol–water partition coefficient (Wildman–Crippen LogP) is 0.244. The number of thiophene rings is 1. The van der Waals surface area contributed by atoms with Gasteiger partial charge in [-0.25, -0.2) is 0 Å². The van der Waals surface area contributed by atoms with E-state index < -0.39 is 0 Å². The molecule has 0 radical (unpaired) electrons. The van der Waals surface area contributed by atoms with Crippen LogP contribution in [-0.4, -0.2) is 67.6 Å². The van der Waals surface area contributed by atoms with Crippen LogP contribution in [0.4, 0.5) is 0 Å². The molecule has 1 fully saturated rings. The summed E-state index contributed by atoms with van der Waals surface area (Å²) in [5, 5.41) is 2.01. The summed E-state index contributed by atoms with van der Waals surface area (Å²) >= 11 is 1.66. The van der Waals surface area contributed by atoms with E-state index in [0.29, 0.717) is 32.7 Å². The number of hydrogen-bond acceptors (Lipinski definition) is 5. The molecule has 1 aromatic rings. The summed E-state index contributed by atoms with van der Waals surface area (Å²) in [6, 6.07) is 2.01. The molecule has 7 heteroatoms. The molecule has 0 saturated carbocycles. The van der Waals surface area contributed by atoms with E-state index in [9.17, 15) is 9.59 Å². The first-order valence-electron chi connectivity index (χ1n) is 7.35. The first-order chi connectivity index (χ1) is 10.5. The van der Waals surface area contributed by atoms with Gasteiger partial charge in [0.15, 0.2) is 0 Å². The van der Waals surface area contributed by atoms with Crippen LogP contribution in [0, 0.1) is 6.92 Å². The van der Waals surface area contributed by atoms with Crippen molar-refractivity contribution < 1.29 is 14.3 Å². The molecule has 0 aliphatic carbocycles. The van der Waals surface area contributed by atoms with Gasteiger partial charge in [-0.3, -0.25) is 14.5 Å². The molecule has 2 amide bonds. The Balaban J connectivity index is 1.86. The van der Waals surface area contributed by atoms with Crippen molar-refractivity contribution in [2.75, 3.05) is 39.8 Å². The van der Waals surface area contributed by atoms with Gasteiger partial charge < -0.3 is 15.4 Å². The average molecular weight is 325 g/mol. The molecule has 1 aromatic heterocycles. The van der Waals surface area contributed by atoms with Crippen LogP contribution in [0.2, 0.25) is 0 Å². The molecule has 1 unspecified atom stereocenters. The van der Waals surface area contributed by atoms with Gasteiger partial charge in [0.25, 0.3) is 0 Å². The van der Waals surface area contributed by atoms with E-state index in [1.165, 1.54) is 4.88 Å². The third kappa shape index (κ3) is 4.79. The number of aryl methyl sites for hydroxylation is 1. The summed E-state index contributed by atoms with van der Waals surface area (Å²) < 4.78 is 5.68. The zero-order valence-electron chi connectivity index (χ0n) is 13.1. The normalized spacial score (nSPS) is 18.7. The number of ether oxygens (including phenoxy) is 1. The molecule has 1 aliphatic heterocycles. The van der Waals surface area contributed by atoms with Gasteiger partial charge in [0, 0.05) is 24.5 Å². The standard InChI is InChI=1S/C15H23N3O3S/c1-11-12(3-6-22-11)7-15(20)18-4-5-21-13(9-18)8-17(2)10-14(16)19/h3,6,13H,4-5,7-10H2,1-2H3,(H2,16,19). The molecule has 2 rings (SSSR count). The average Bonchev–Trinajstić information content (AvgIpc) is 2.83. The van der Waals surface area contributed by atoms with Gasteiger partial charge in [-0.15, -0.1) is 11.3 Å². The zero-order chi connectivity index (χ0) is 16.1. The van der Waals surface area contributed by atoms with Crippen LogP contribution in [0.1, 0.15) is 10.4 Å². The first-order valence-corrected chi connectivity index (χ1v) is 8.23. The molecule has 0 bridgehead atoms. The van der Waals surface area contributed by atoms with Crippen LogP contribution in [0.15, 0.2) is 11.4 Å². The highest BCUT2D eigenvalue weighted by Crippen LogP contribution is 2.17. The molecule has 2 N–H and O–H groups in total. The van der Waals surface area contributed by atoms with Crippen LogP contribution >= 0.6 is 11.3 Å². The summed E-state index contributed by atoms with van der Waals surface area (Å²) in [4.78, 5) is 28.2. The lowest BCUT2D eigenvalue weighted by Crippen LogP contribution is -2.50. The topological polar surface area (TPSA) is 75.9 Å². The molecular weight excluding hydrogens is 302 g/mol. The van der Waals surface area contributed by atoms with E-state index >= 15 is 0 Å². The Hall–Kier alpha value is -1.44. The van der Waals surface area contributed by atoms with Gasteiger partial charge >= 0.3 is 0 Å². The smallest absolute Gasteiger partial charge is 0.231 e. The van der Waals surface area contributed by atoms with Gasteiger partial charge in [0.2, 0.25) is 11.8 Å². The van der Waals surface area contributed by atoms with E-state index in [0.717, 1.165) is 5.56 Å². The fourth-order valence-corrected chi connectivity index (χ4v) is 3.33. The molecule has 1 aliphatic rings. The molecule has 1 atom stereocenters. The molecule has 122 valence electrons. The molecule has 0 spiro atoms. The van der Waals surface area contributed by atoms with E-state index in [1.807, 2.05) is 35.2 Å². The number of amides is 2. The second-order valence-corrected chi connectivity index (χ2v) is 6.79. The van der Waals surface area contributed by atoms with Crippen molar-refractivity contribution in [3.05, 3.63) is 21.9 Å². The fraction of sp³-hybridized carbons (Fsp3) is 0.600. The molecule has 2 heterocycles. The number of primary amides is 1.